The second-order valence-corrected chi connectivity index (χ2v) is 6.98. The summed E-state index contributed by atoms with van der Waals surface area (Å²) in [5.74, 6) is 0.614. The van der Waals surface area contributed by atoms with Gasteiger partial charge in [0, 0.05) is 43.4 Å². The molecular formula is C16H25N5S. The average molecular weight is 319 g/mol. The summed E-state index contributed by atoms with van der Waals surface area (Å²) in [6.45, 7) is 9.75. The molecule has 1 atom stereocenters. The molecular weight excluding hydrogens is 294 g/mol. The van der Waals surface area contributed by atoms with E-state index in [1.165, 1.54) is 29.8 Å². The van der Waals surface area contributed by atoms with Gasteiger partial charge in [-0.05, 0) is 44.7 Å². The first-order chi connectivity index (χ1) is 10.8. The Balaban J connectivity index is 1.61. The first kappa shape index (κ1) is 15.5. The van der Waals surface area contributed by atoms with Gasteiger partial charge in [0.15, 0.2) is 5.13 Å². The zero-order valence-corrected chi connectivity index (χ0v) is 14.3. The van der Waals surface area contributed by atoms with Crippen molar-refractivity contribution in [1.29, 1.82) is 0 Å². The van der Waals surface area contributed by atoms with Crippen LogP contribution >= 0.6 is 11.3 Å². The minimum atomic E-state index is 0.614. The molecule has 2 aromatic rings. The summed E-state index contributed by atoms with van der Waals surface area (Å²) in [6.07, 6.45) is 8.60. The monoisotopic (exact) mass is 319 g/mol. The maximum atomic E-state index is 4.60. The van der Waals surface area contributed by atoms with E-state index in [9.17, 15) is 0 Å². The van der Waals surface area contributed by atoms with Crippen LogP contribution in [0.1, 0.15) is 43.0 Å². The zero-order chi connectivity index (χ0) is 15.4. The van der Waals surface area contributed by atoms with E-state index in [0.29, 0.717) is 5.92 Å². The van der Waals surface area contributed by atoms with E-state index in [0.717, 1.165) is 31.3 Å². The van der Waals surface area contributed by atoms with E-state index in [4.69, 9.17) is 0 Å². The maximum Gasteiger partial charge on any atom is 0.185 e. The largest absolute Gasteiger partial charge is 0.349 e. The lowest BCUT2D eigenvalue weighted by molar-refractivity contribution is 0.201. The van der Waals surface area contributed by atoms with Crippen molar-refractivity contribution in [1.82, 2.24) is 20.1 Å². The van der Waals surface area contributed by atoms with Crippen molar-refractivity contribution in [2.24, 2.45) is 0 Å². The highest BCUT2D eigenvalue weighted by atomic mass is 32.1. The molecule has 0 aromatic carbocycles. The first-order valence-corrected chi connectivity index (χ1v) is 9.02. The lowest BCUT2D eigenvalue weighted by Gasteiger charge is -2.31. The van der Waals surface area contributed by atoms with E-state index < -0.39 is 0 Å². The Bertz CT molecular complexity index is 561. The van der Waals surface area contributed by atoms with Crippen LogP contribution in [-0.4, -0.2) is 46.3 Å². The summed E-state index contributed by atoms with van der Waals surface area (Å²) >= 11 is 1.84. The Morgan fingerprint density at radius 3 is 2.95 bits per heavy atom. The van der Waals surface area contributed by atoms with Gasteiger partial charge in [0.1, 0.15) is 0 Å². The van der Waals surface area contributed by atoms with Gasteiger partial charge in [-0.2, -0.15) is 5.10 Å². The second-order valence-electron chi connectivity index (χ2n) is 5.89. The number of thiazole rings is 1. The van der Waals surface area contributed by atoms with E-state index >= 15 is 0 Å². The summed E-state index contributed by atoms with van der Waals surface area (Å²) in [5.41, 5.74) is 1.35. The van der Waals surface area contributed by atoms with E-state index in [2.05, 4.69) is 45.0 Å². The molecule has 1 aliphatic rings. The van der Waals surface area contributed by atoms with Crippen molar-refractivity contribution >= 4 is 16.5 Å². The Hall–Kier alpha value is -1.40. The van der Waals surface area contributed by atoms with Crippen LogP contribution in [-0.2, 0) is 6.54 Å². The Kier molecular flexibility index (Phi) is 5.10. The molecule has 0 unspecified atom stereocenters. The molecule has 2 aromatic heterocycles. The number of rotatable bonds is 6. The number of hydrogen-bond donors (Lipinski definition) is 1. The minimum absolute atomic E-state index is 0.614. The molecule has 0 saturated carbocycles. The molecule has 3 heterocycles. The highest BCUT2D eigenvalue weighted by Crippen LogP contribution is 2.29. The van der Waals surface area contributed by atoms with Crippen molar-refractivity contribution in [2.75, 3.05) is 31.1 Å². The van der Waals surface area contributed by atoms with Crippen LogP contribution in [0, 0.1) is 0 Å². The van der Waals surface area contributed by atoms with Crippen LogP contribution in [0.3, 0.4) is 0 Å². The van der Waals surface area contributed by atoms with Crippen molar-refractivity contribution in [3.63, 3.8) is 0 Å². The Morgan fingerprint density at radius 1 is 1.36 bits per heavy atom. The molecule has 3 rings (SSSR count). The van der Waals surface area contributed by atoms with Gasteiger partial charge in [-0.1, -0.05) is 0 Å². The Labute approximate surface area is 136 Å². The van der Waals surface area contributed by atoms with Gasteiger partial charge in [-0.25, -0.2) is 4.98 Å². The number of likely N-dealkylation sites (tertiary alicyclic amines) is 1. The third-order valence-electron chi connectivity index (χ3n) is 4.45. The fourth-order valence-electron chi connectivity index (χ4n) is 3.19. The number of H-pyrrole nitrogens is 1. The normalized spacial score (nSPS) is 19.5. The fraction of sp³-hybridized carbons (Fsp3) is 0.625. The van der Waals surface area contributed by atoms with Crippen LogP contribution in [0.15, 0.2) is 18.6 Å². The SMILES string of the molecule is CCN(CC)c1ncc(CN2CCC[C@H](c3cn[nH]c3)C2)s1. The van der Waals surface area contributed by atoms with Crippen molar-refractivity contribution in [2.45, 2.75) is 39.2 Å². The molecule has 1 saturated heterocycles. The molecule has 120 valence electrons. The number of hydrogen-bond acceptors (Lipinski definition) is 5. The minimum Gasteiger partial charge on any atom is -0.349 e. The van der Waals surface area contributed by atoms with Gasteiger partial charge in [-0.15, -0.1) is 11.3 Å². The van der Waals surface area contributed by atoms with E-state index in [1.807, 2.05) is 23.7 Å². The molecule has 0 bridgehead atoms. The summed E-state index contributed by atoms with van der Waals surface area (Å²) < 4.78 is 0. The number of nitrogens with zero attached hydrogens (tertiary/aromatic N) is 4. The highest BCUT2D eigenvalue weighted by Gasteiger charge is 2.22. The van der Waals surface area contributed by atoms with Gasteiger partial charge in [0.05, 0.1) is 6.20 Å². The predicted molar refractivity (Wildman–Crippen MR) is 91.5 cm³/mol. The van der Waals surface area contributed by atoms with Gasteiger partial charge < -0.3 is 4.90 Å². The summed E-state index contributed by atoms with van der Waals surface area (Å²) in [4.78, 5) is 10.8. The molecule has 5 nitrogen and oxygen atoms in total. The van der Waals surface area contributed by atoms with Crippen LogP contribution in [0.2, 0.25) is 0 Å². The molecule has 6 heteroatoms. The number of aromatic nitrogens is 3. The van der Waals surface area contributed by atoms with Crippen molar-refractivity contribution in [3.8, 4) is 0 Å². The number of piperidine rings is 1. The Morgan fingerprint density at radius 2 is 2.23 bits per heavy atom. The molecule has 0 spiro atoms. The quantitative estimate of drug-likeness (QED) is 0.889. The number of nitrogens with one attached hydrogen (secondary N) is 1. The fourth-order valence-corrected chi connectivity index (χ4v) is 4.27. The summed E-state index contributed by atoms with van der Waals surface area (Å²) in [5, 5.41) is 8.19. The molecule has 0 amide bonds. The van der Waals surface area contributed by atoms with E-state index in [-0.39, 0.29) is 0 Å². The van der Waals surface area contributed by atoms with Gasteiger partial charge in [0.25, 0.3) is 0 Å². The molecule has 1 N–H and O–H groups in total. The van der Waals surface area contributed by atoms with Gasteiger partial charge >= 0.3 is 0 Å². The summed E-state index contributed by atoms with van der Waals surface area (Å²) in [6, 6.07) is 0. The van der Waals surface area contributed by atoms with Gasteiger partial charge in [-0.3, -0.25) is 10.00 Å². The molecule has 0 aliphatic carbocycles. The lowest BCUT2D eigenvalue weighted by atomic mass is 9.93. The molecule has 22 heavy (non-hydrogen) atoms. The highest BCUT2D eigenvalue weighted by molar-refractivity contribution is 7.15. The lowest BCUT2D eigenvalue weighted by Crippen LogP contribution is -2.33. The molecule has 1 fully saturated rings. The van der Waals surface area contributed by atoms with E-state index in [1.54, 1.807) is 0 Å². The average Bonchev–Trinajstić information content (AvgIpc) is 3.21. The third-order valence-corrected chi connectivity index (χ3v) is 5.49. The first-order valence-electron chi connectivity index (χ1n) is 8.20. The topological polar surface area (TPSA) is 48.1 Å². The van der Waals surface area contributed by atoms with Crippen LogP contribution in [0.25, 0.3) is 0 Å². The van der Waals surface area contributed by atoms with Crippen LogP contribution < -0.4 is 4.90 Å². The van der Waals surface area contributed by atoms with Crippen molar-refractivity contribution in [3.05, 3.63) is 29.0 Å². The zero-order valence-electron chi connectivity index (χ0n) is 13.5. The molecule has 1 aliphatic heterocycles. The van der Waals surface area contributed by atoms with Crippen LogP contribution in [0.4, 0.5) is 5.13 Å². The summed E-state index contributed by atoms with van der Waals surface area (Å²) in [7, 11) is 0. The van der Waals surface area contributed by atoms with Crippen LogP contribution in [0.5, 0.6) is 0 Å². The second kappa shape index (κ2) is 7.24. The number of anilines is 1. The van der Waals surface area contributed by atoms with Gasteiger partial charge in [0.2, 0.25) is 0 Å². The molecule has 0 radical (unpaired) electrons. The third kappa shape index (κ3) is 3.50. The smallest absolute Gasteiger partial charge is 0.185 e. The number of aromatic amines is 1. The maximum absolute atomic E-state index is 4.60. The van der Waals surface area contributed by atoms with Crippen molar-refractivity contribution < 1.29 is 0 Å². The predicted octanol–water partition coefficient (Wildman–Crippen LogP) is 3.09. The standard InChI is InChI=1S/C16H25N5S/c1-3-21(4-2)16-17-10-15(22-16)12-20-7-5-6-13(11-20)14-8-18-19-9-14/h8-10,13H,3-7,11-12H2,1-2H3,(H,18,19)/t13-/m0/s1.